The van der Waals surface area contributed by atoms with Crippen LogP contribution in [0.2, 0.25) is 0 Å². The number of benzene rings is 4. The van der Waals surface area contributed by atoms with E-state index in [4.69, 9.17) is 4.74 Å². The topological polar surface area (TPSA) is 49.7 Å². The summed E-state index contributed by atoms with van der Waals surface area (Å²) in [7, 11) is 0. The molecular formula is C26H24B2O3. The van der Waals surface area contributed by atoms with E-state index in [1.165, 1.54) is 0 Å². The number of hydrogen-bond acceptors (Lipinski definition) is 3. The molecule has 0 bridgehead atoms. The Bertz CT molecular complexity index is 1090. The van der Waals surface area contributed by atoms with Crippen LogP contribution in [0.1, 0.15) is 11.1 Å². The fourth-order valence-electron chi connectivity index (χ4n) is 3.59. The molecule has 0 aliphatic heterocycles. The van der Waals surface area contributed by atoms with E-state index in [0.717, 1.165) is 33.0 Å². The van der Waals surface area contributed by atoms with Gasteiger partial charge >= 0.3 is 13.8 Å². The second-order valence-corrected chi connectivity index (χ2v) is 7.61. The maximum absolute atomic E-state index is 10.6. The van der Waals surface area contributed by atoms with Gasteiger partial charge in [-0.15, -0.1) is 0 Å². The lowest BCUT2D eigenvalue weighted by atomic mass is 9.56. The smallest absolute Gasteiger partial charge is 0.358 e. The zero-order valence-corrected chi connectivity index (χ0v) is 17.3. The van der Waals surface area contributed by atoms with E-state index in [1.54, 1.807) is 0 Å². The number of ether oxygens (including phenoxy) is 1. The molecule has 0 aliphatic carbocycles. The molecule has 0 fully saturated rings. The Kier molecular flexibility index (Phi) is 7.00. The molecule has 0 amide bonds. The molecule has 0 aromatic heterocycles. The first kappa shape index (κ1) is 21.1. The third-order valence-electron chi connectivity index (χ3n) is 5.33. The van der Waals surface area contributed by atoms with Crippen LogP contribution < -0.4 is 21.9 Å². The van der Waals surface area contributed by atoms with Gasteiger partial charge in [0.15, 0.2) is 0 Å². The highest BCUT2D eigenvalue weighted by Gasteiger charge is 2.17. The fourth-order valence-corrected chi connectivity index (χ4v) is 3.59. The summed E-state index contributed by atoms with van der Waals surface area (Å²) in [6, 6.07) is 35.0. The highest BCUT2D eigenvalue weighted by molar-refractivity contribution is 6.79. The Morgan fingerprint density at radius 3 is 1.58 bits per heavy atom. The van der Waals surface area contributed by atoms with Gasteiger partial charge < -0.3 is 14.8 Å². The highest BCUT2D eigenvalue weighted by atomic mass is 16.5. The van der Waals surface area contributed by atoms with Crippen LogP contribution in [0.25, 0.3) is 0 Å². The molecule has 4 rings (SSSR count). The highest BCUT2D eigenvalue weighted by Crippen LogP contribution is 2.05. The average Bonchev–Trinajstić information content (AvgIpc) is 2.85. The van der Waals surface area contributed by atoms with Crippen molar-refractivity contribution in [1.82, 2.24) is 0 Å². The van der Waals surface area contributed by atoms with Crippen molar-refractivity contribution in [1.29, 1.82) is 0 Å². The van der Waals surface area contributed by atoms with Crippen molar-refractivity contribution >= 4 is 35.7 Å². The molecule has 5 heteroatoms. The Morgan fingerprint density at radius 1 is 0.484 bits per heavy atom. The van der Waals surface area contributed by atoms with E-state index in [2.05, 4.69) is 0 Å². The summed E-state index contributed by atoms with van der Waals surface area (Å²) in [6.07, 6.45) is 0. The third-order valence-corrected chi connectivity index (χ3v) is 5.33. The van der Waals surface area contributed by atoms with Crippen LogP contribution in [0.4, 0.5) is 0 Å². The van der Waals surface area contributed by atoms with Crippen molar-refractivity contribution in [3.05, 3.63) is 120 Å². The maximum atomic E-state index is 10.6. The second kappa shape index (κ2) is 10.3. The van der Waals surface area contributed by atoms with Gasteiger partial charge in [-0.25, -0.2) is 0 Å². The Labute approximate surface area is 184 Å². The van der Waals surface area contributed by atoms with Gasteiger partial charge in [0, 0.05) is 0 Å². The van der Waals surface area contributed by atoms with Gasteiger partial charge in [0.25, 0.3) is 0 Å². The van der Waals surface area contributed by atoms with E-state index in [1.807, 2.05) is 109 Å². The first-order valence-corrected chi connectivity index (χ1v) is 10.4. The van der Waals surface area contributed by atoms with Crippen LogP contribution in [0.15, 0.2) is 109 Å². The zero-order chi connectivity index (χ0) is 21.5. The summed E-state index contributed by atoms with van der Waals surface area (Å²) in [5, 5.41) is 21.1. The quantitative estimate of drug-likeness (QED) is 0.438. The molecule has 152 valence electrons. The molecule has 31 heavy (non-hydrogen) atoms. The molecule has 0 saturated heterocycles. The third kappa shape index (κ3) is 5.53. The van der Waals surface area contributed by atoms with Crippen molar-refractivity contribution in [2.45, 2.75) is 13.2 Å². The maximum Gasteiger partial charge on any atom is 0.358 e. The summed E-state index contributed by atoms with van der Waals surface area (Å²) < 4.78 is 5.89. The lowest BCUT2D eigenvalue weighted by Gasteiger charge is -2.11. The van der Waals surface area contributed by atoms with Crippen molar-refractivity contribution in [2.75, 3.05) is 0 Å². The van der Waals surface area contributed by atoms with Crippen LogP contribution in [0.3, 0.4) is 0 Å². The minimum Gasteiger partial charge on any atom is -0.443 e. The van der Waals surface area contributed by atoms with E-state index < -0.39 is 13.8 Å². The van der Waals surface area contributed by atoms with Gasteiger partial charge in [-0.1, -0.05) is 109 Å². The van der Waals surface area contributed by atoms with Crippen LogP contribution >= 0.6 is 0 Å². The molecule has 3 nitrogen and oxygen atoms in total. The average molecular weight is 406 g/mol. The van der Waals surface area contributed by atoms with Gasteiger partial charge in [-0.3, -0.25) is 0 Å². The summed E-state index contributed by atoms with van der Waals surface area (Å²) in [5.41, 5.74) is 5.53. The van der Waals surface area contributed by atoms with Gasteiger partial charge in [0.05, 0.1) is 13.2 Å². The monoisotopic (exact) mass is 406 g/mol. The second-order valence-electron chi connectivity index (χ2n) is 7.61. The predicted octanol–water partition coefficient (Wildman–Crippen LogP) is 1.60. The van der Waals surface area contributed by atoms with E-state index in [0.29, 0.717) is 13.2 Å². The summed E-state index contributed by atoms with van der Waals surface area (Å²) >= 11 is 0. The molecule has 0 atom stereocenters. The largest absolute Gasteiger partial charge is 0.443 e. The van der Waals surface area contributed by atoms with Crippen molar-refractivity contribution in [3.63, 3.8) is 0 Å². The van der Waals surface area contributed by atoms with Gasteiger partial charge in [0.2, 0.25) is 0 Å². The van der Waals surface area contributed by atoms with E-state index in [9.17, 15) is 10.0 Å². The molecule has 0 spiro atoms. The van der Waals surface area contributed by atoms with Crippen LogP contribution in [-0.2, 0) is 18.0 Å². The van der Waals surface area contributed by atoms with Crippen molar-refractivity contribution in [3.8, 4) is 0 Å². The minimum absolute atomic E-state index is 0.462. The van der Waals surface area contributed by atoms with E-state index >= 15 is 0 Å². The molecule has 0 aliphatic rings. The molecule has 0 radical (unpaired) electrons. The Balaban J connectivity index is 1.33. The number of hydrogen-bond donors (Lipinski definition) is 2. The molecule has 4 aromatic carbocycles. The van der Waals surface area contributed by atoms with Gasteiger partial charge in [0.1, 0.15) is 0 Å². The lowest BCUT2D eigenvalue weighted by molar-refractivity contribution is 0.107. The van der Waals surface area contributed by atoms with Gasteiger partial charge in [-0.2, -0.15) is 0 Å². The predicted molar refractivity (Wildman–Crippen MR) is 129 cm³/mol. The fraction of sp³-hybridized carbons (Fsp3) is 0.0769. The molecule has 0 heterocycles. The standard InChI is InChI=1S/C26H24B2O3/c29-27(23-9-3-1-4-10-23)25-16-14-21(15-17-25)19-31-20-22-8-7-13-26(18-22)28(30)24-11-5-2-6-12-24/h1-18,29-30H,19-20H2. The Morgan fingerprint density at radius 2 is 0.968 bits per heavy atom. The van der Waals surface area contributed by atoms with Crippen LogP contribution in [0.5, 0.6) is 0 Å². The van der Waals surface area contributed by atoms with Gasteiger partial charge in [-0.05, 0) is 33.0 Å². The van der Waals surface area contributed by atoms with Crippen molar-refractivity contribution < 1.29 is 14.8 Å². The summed E-state index contributed by atoms with van der Waals surface area (Å²) in [5.74, 6) is 0. The summed E-state index contributed by atoms with van der Waals surface area (Å²) in [4.78, 5) is 0. The number of rotatable bonds is 8. The SMILES string of the molecule is OB(c1ccccc1)c1ccc(COCc2cccc(B(O)c3ccccc3)c2)cc1. The molecule has 4 aromatic rings. The first-order chi connectivity index (χ1) is 15.2. The normalized spacial score (nSPS) is 10.6. The molecular weight excluding hydrogens is 382 g/mol. The zero-order valence-electron chi connectivity index (χ0n) is 17.3. The Hall–Kier alpha value is -3.11. The summed E-state index contributed by atoms with van der Waals surface area (Å²) in [6.45, 7) is -0.337. The van der Waals surface area contributed by atoms with Crippen molar-refractivity contribution in [2.24, 2.45) is 0 Å². The lowest BCUT2D eigenvalue weighted by Crippen LogP contribution is -2.42. The minimum atomic E-state index is -0.648. The van der Waals surface area contributed by atoms with Crippen LogP contribution in [-0.4, -0.2) is 23.9 Å². The first-order valence-electron chi connectivity index (χ1n) is 10.4. The molecule has 0 saturated carbocycles. The van der Waals surface area contributed by atoms with Crippen LogP contribution in [0, 0.1) is 0 Å². The van der Waals surface area contributed by atoms with E-state index in [-0.39, 0.29) is 0 Å². The molecule has 0 unspecified atom stereocenters. The molecule has 2 N–H and O–H groups in total.